The summed E-state index contributed by atoms with van der Waals surface area (Å²) < 4.78 is 0. The van der Waals surface area contributed by atoms with Crippen molar-refractivity contribution in [2.75, 3.05) is 4.90 Å². The Kier molecular flexibility index (Phi) is 8.55. The molecule has 0 unspecified atom stereocenters. The van der Waals surface area contributed by atoms with E-state index in [4.69, 9.17) is 28.2 Å². The fraction of sp³-hybridized carbons (Fsp3) is 0.0465. The predicted molar refractivity (Wildman–Crippen MR) is 206 cm³/mol. The zero-order valence-corrected chi connectivity index (χ0v) is 28.4. The topological polar surface area (TPSA) is 15.6 Å². The van der Waals surface area contributed by atoms with Gasteiger partial charge in [0.05, 0.1) is 6.04 Å². The molecule has 2 nitrogen and oxygen atoms in total. The molecule has 5 heteroatoms. The van der Waals surface area contributed by atoms with Gasteiger partial charge in [-0.3, -0.25) is 4.99 Å². The third kappa shape index (κ3) is 5.93. The van der Waals surface area contributed by atoms with Gasteiger partial charge in [-0.25, -0.2) is 0 Å². The van der Waals surface area contributed by atoms with Crippen molar-refractivity contribution in [3.63, 3.8) is 0 Å². The Balaban J connectivity index is 1.39. The van der Waals surface area contributed by atoms with E-state index in [0.717, 1.165) is 28.2 Å². The molecule has 0 amide bonds. The second-order valence-corrected chi connectivity index (χ2v) is 14.9. The maximum absolute atomic E-state index is 6.45. The number of aliphatic imine (C=N–C) groups is 1. The Morgan fingerprint density at radius 1 is 0.500 bits per heavy atom. The smallest absolute Gasteiger partial charge is 0.137 e. The molecule has 0 spiro atoms. The SMILES string of the molecule is Clc1ccc([C@H]2N=C(c3ccccc3P(c3ccccc3)c3ccccc3)N(c3ccc4ccccc4c3)[C@@H]2c2ccc(Cl)cc2)cc1. The van der Waals surface area contributed by atoms with Gasteiger partial charge >= 0.3 is 0 Å². The van der Waals surface area contributed by atoms with Crippen molar-refractivity contribution >= 4 is 69.3 Å². The van der Waals surface area contributed by atoms with Crippen molar-refractivity contribution in [1.82, 2.24) is 0 Å². The minimum atomic E-state index is -0.887. The lowest BCUT2D eigenvalue weighted by Gasteiger charge is -2.33. The van der Waals surface area contributed by atoms with Crippen molar-refractivity contribution in [2.24, 2.45) is 4.99 Å². The third-order valence-corrected chi connectivity index (χ3v) is 11.9. The summed E-state index contributed by atoms with van der Waals surface area (Å²) in [5.41, 5.74) is 4.45. The highest BCUT2D eigenvalue weighted by atomic mass is 35.5. The highest BCUT2D eigenvalue weighted by Crippen LogP contribution is 2.47. The van der Waals surface area contributed by atoms with E-state index in [-0.39, 0.29) is 12.1 Å². The van der Waals surface area contributed by atoms with Gasteiger partial charge in [0.25, 0.3) is 0 Å². The Morgan fingerprint density at radius 2 is 1.04 bits per heavy atom. The predicted octanol–water partition coefficient (Wildman–Crippen LogP) is 10.7. The largest absolute Gasteiger partial charge is 0.316 e. The van der Waals surface area contributed by atoms with E-state index in [2.05, 4.69) is 157 Å². The first-order chi connectivity index (χ1) is 23.6. The molecule has 8 rings (SSSR count). The minimum absolute atomic E-state index is 0.132. The van der Waals surface area contributed by atoms with Gasteiger partial charge < -0.3 is 4.90 Å². The Labute approximate surface area is 292 Å². The molecule has 0 saturated heterocycles. The molecule has 7 aromatic rings. The van der Waals surface area contributed by atoms with E-state index in [1.165, 1.54) is 26.7 Å². The second-order valence-electron chi connectivity index (χ2n) is 11.9. The summed E-state index contributed by atoms with van der Waals surface area (Å²) in [4.78, 5) is 8.13. The van der Waals surface area contributed by atoms with Gasteiger partial charge in [0.1, 0.15) is 11.9 Å². The van der Waals surface area contributed by atoms with E-state index in [9.17, 15) is 0 Å². The zero-order valence-electron chi connectivity index (χ0n) is 26.0. The van der Waals surface area contributed by atoms with Crippen molar-refractivity contribution in [2.45, 2.75) is 12.1 Å². The number of benzene rings is 7. The number of amidine groups is 1. The van der Waals surface area contributed by atoms with Gasteiger partial charge in [0.15, 0.2) is 0 Å². The Bertz CT molecular complexity index is 2180. The van der Waals surface area contributed by atoms with Crippen LogP contribution in [0.15, 0.2) is 181 Å². The molecule has 1 aliphatic heterocycles. The summed E-state index contributed by atoms with van der Waals surface area (Å²) >= 11 is 12.9. The van der Waals surface area contributed by atoms with Crippen LogP contribution < -0.4 is 20.8 Å². The van der Waals surface area contributed by atoms with Gasteiger partial charge in [-0.2, -0.15) is 0 Å². The van der Waals surface area contributed by atoms with Crippen molar-refractivity contribution < 1.29 is 0 Å². The van der Waals surface area contributed by atoms with Crippen LogP contribution in [-0.2, 0) is 0 Å². The Morgan fingerprint density at radius 3 is 1.69 bits per heavy atom. The molecule has 1 aliphatic rings. The zero-order chi connectivity index (χ0) is 32.5. The standard InChI is InChI=1S/C43H31Cl2N2P/c44-34-24-19-31(20-25-34)41-42(32-21-26-35(45)27-22-32)47(36-28-23-30-11-7-8-12-33(30)29-36)43(46-41)39-17-9-10-18-40(39)48(37-13-3-1-4-14-37)38-15-5-2-6-16-38/h1-29,41-42H/t41-,42-/m1/s1. The van der Waals surface area contributed by atoms with Gasteiger partial charge in [-0.1, -0.05) is 163 Å². The summed E-state index contributed by atoms with van der Waals surface area (Å²) in [5.74, 6) is 0.945. The molecule has 48 heavy (non-hydrogen) atoms. The summed E-state index contributed by atoms with van der Waals surface area (Å²) in [6.07, 6.45) is 0. The van der Waals surface area contributed by atoms with Crippen LogP contribution in [0.3, 0.4) is 0 Å². The molecule has 0 bridgehead atoms. The molecule has 232 valence electrons. The summed E-state index contributed by atoms with van der Waals surface area (Å²) in [6, 6.07) is 61.8. The fourth-order valence-corrected chi connectivity index (χ4v) is 9.39. The Hall–Kier alpha value is -4.72. The molecule has 0 aromatic heterocycles. The molecule has 0 saturated carbocycles. The molecule has 0 fully saturated rings. The number of anilines is 1. The van der Waals surface area contributed by atoms with Crippen molar-refractivity contribution in [3.05, 3.63) is 203 Å². The average Bonchev–Trinajstić information content (AvgIpc) is 3.54. The summed E-state index contributed by atoms with van der Waals surface area (Å²) in [7, 11) is -0.887. The van der Waals surface area contributed by atoms with Crippen LogP contribution in [0.1, 0.15) is 28.8 Å². The molecule has 0 radical (unpaired) electrons. The van der Waals surface area contributed by atoms with E-state index in [1.54, 1.807) is 0 Å². The monoisotopic (exact) mass is 676 g/mol. The first kappa shape index (κ1) is 30.6. The molecule has 0 N–H and O–H groups in total. The van der Waals surface area contributed by atoms with Gasteiger partial charge in [0.2, 0.25) is 0 Å². The number of fused-ring (bicyclic) bond motifs is 1. The van der Waals surface area contributed by atoms with Crippen LogP contribution in [-0.4, -0.2) is 5.84 Å². The maximum atomic E-state index is 6.45. The number of hydrogen-bond donors (Lipinski definition) is 0. The highest BCUT2D eigenvalue weighted by Gasteiger charge is 2.41. The molecule has 1 heterocycles. The maximum Gasteiger partial charge on any atom is 0.137 e. The van der Waals surface area contributed by atoms with Crippen LogP contribution in [0.4, 0.5) is 5.69 Å². The number of rotatable bonds is 7. The molecular weight excluding hydrogens is 646 g/mol. The summed E-state index contributed by atoms with van der Waals surface area (Å²) in [5, 5.41) is 7.66. The number of nitrogens with zero attached hydrogens (tertiary/aromatic N) is 2. The highest BCUT2D eigenvalue weighted by molar-refractivity contribution is 7.80. The quantitative estimate of drug-likeness (QED) is 0.153. The van der Waals surface area contributed by atoms with E-state index < -0.39 is 7.92 Å². The summed E-state index contributed by atoms with van der Waals surface area (Å²) in [6.45, 7) is 0. The average molecular weight is 678 g/mol. The van der Waals surface area contributed by atoms with Crippen LogP contribution in [0.2, 0.25) is 10.0 Å². The van der Waals surface area contributed by atoms with Crippen LogP contribution >= 0.6 is 31.1 Å². The van der Waals surface area contributed by atoms with Gasteiger partial charge in [-0.15, -0.1) is 0 Å². The second kappa shape index (κ2) is 13.4. The number of halogens is 2. The normalized spacial score (nSPS) is 16.0. The molecule has 0 aliphatic carbocycles. The molecule has 7 aromatic carbocycles. The lowest BCUT2D eigenvalue weighted by atomic mass is 9.93. The lowest BCUT2D eigenvalue weighted by Crippen LogP contribution is -2.35. The van der Waals surface area contributed by atoms with Crippen molar-refractivity contribution in [1.29, 1.82) is 0 Å². The first-order valence-corrected chi connectivity index (χ1v) is 18.1. The lowest BCUT2D eigenvalue weighted by molar-refractivity contribution is 0.612. The third-order valence-electron chi connectivity index (χ3n) is 8.92. The van der Waals surface area contributed by atoms with Crippen LogP contribution in [0, 0.1) is 0 Å². The molecule has 2 atom stereocenters. The first-order valence-electron chi connectivity index (χ1n) is 16.0. The van der Waals surface area contributed by atoms with Crippen molar-refractivity contribution in [3.8, 4) is 0 Å². The van der Waals surface area contributed by atoms with Gasteiger partial charge in [0, 0.05) is 21.3 Å². The number of hydrogen-bond acceptors (Lipinski definition) is 2. The van der Waals surface area contributed by atoms with E-state index in [1.807, 2.05) is 24.3 Å². The fourth-order valence-electron chi connectivity index (χ4n) is 6.69. The van der Waals surface area contributed by atoms with Gasteiger partial charge in [-0.05, 0) is 82.1 Å². The molecular formula is C43H31Cl2N2P. The van der Waals surface area contributed by atoms with E-state index in [0.29, 0.717) is 10.0 Å². The van der Waals surface area contributed by atoms with Crippen LogP contribution in [0.25, 0.3) is 10.8 Å². The minimum Gasteiger partial charge on any atom is -0.316 e. The van der Waals surface area contributed by atoms with E-state index >= 15 is 0 Å². The van der Waals surface area contributed by atoms with Crippen LogP contribution in [0.5, 0.6) is 0 Å².